The summed E-state index contributed by atoms with van der Waals surface area (Å²) in [5.74, 6) is -0.793. The van der Waals surface area contributed by atoms with Gasteiger partial charge in [-0.3, -0.25) is 13.9 Å². The van der Waals surface area contributed by atoms with Crippen LogP contribution in [0, 0.1) is 19.7 Å². The Hall–Kier alpha value is -4.90. The zero-order valence-corrected chi connectivity index (χ0v) is 29.7. The summed E-state index contributed by atoms with van der Waals surface area (Å²) in [6.07, 6.45) is 3.90. The second-order valence-corrected chi connectivity index (χ2v) is 14.6. The number of benzene rings is 4. The Bertz CT molecular complexity index is 1880. The molecule has 5 rings (SSSR count). The molecule has 4 aromatic carbocycles. The molecule has 11 heteroatoms. The third kappa shape index (κ3) is 8.81. The number of methoxy groups -OCH3 is 2. The lowest BCUT2D eigenvalue weighted by molar-refractivity contribution is -0.140. The molecule has 0 spiro atoms. The van der Waals surface area contributed by atoms with Crippen LogP contribution in [0.25, 0.3) is 0 Å². The van der Waals surface area contributed by atoms with E-state index in [2.05, 4.69) is 5.32 Å². The van der Waals surface area contributed by atoms with Gasteiger partial charge in [-0.25, -0.2) is 12.8 Å². The molecule has 1 aliphatic rings. The lowest BCUT2D eigenvalue weighted by Crippen LogP contribution is -2.54. The van der Waals surface area contributed by atoms with Crippen LogP contribution in [0.15, 0.2) is 95.9 Å². The summed E-state index contributed by atoms with van der Waals surface area (Å²) in [6.45, 7) is 3.04. The Morgan fingerprint density at radius 2 is 1.48 bits per heavy atom. The second-order valence-electron chi connectivity index (χ2n) is 12.7. The average Bonchev–Trinajstić information content (AvgIpc) is 3.62. The first-order valence-electron chi connectivity index (χ1n) is 16.7. The van der Waals surface area contributed by atoms with Gasteiger partial charge in [0.05, 0.1) is 24.8 Å². The summed E-state index contributed by atoms with van der Waals surface area (Å²) >= 11 is 0. The third-order valence-corrected chi connectivity index (χ3v) is 10.7. The highest BCUT2D eigenvalue weighted by molar-refractivity contribution is 7.92. The van der Waals surface area contributed by atoms with Gasteiger partial charge in [0.1, 0.15) is 18.4 Å². The molecule has 1 N–H and O–H groups in total. The van der Waals surface area contributed by atoms with Crippen LogP contribution in [0.4, 0.5) is 10.1 Å². The summed E-state index contributed by atoms with van der Waals surface area (Å²) in [7, 11) is -1.51. The van der Waals surface area contributed by atoms with Gasteiger partial charge >= 0.3 is 0 Å². The topological polar surface area (TPSA) is 105 Å². The van der Waals surface area contributed by atoms with Crippen molar-refractivity contribution < 1.29 is 31.9 Å². The van der Waals surface area contributed by atoms with Gasteiger partial charge < -0.3 is 19.7 Å². The number of rotatable bonds is 14. The van der Waals surface area contributed by atoms with E-state index in [0.717, 1.165) is 46.7 Å². The van der Waals surface area contributed by atoms with Crippen LogP contribution in [0.1, 0.15) is 47.9 Å². The van der Waals surface area contributed by atoms with Crippen molar-refractivity contribution >= 4 is 27.5 Å². The number of hydrogen-bond donors (Lipinski definition) is 1. The van der Waals surface area contributed by atoms with E-state index in [1.54, 1.807) is 24.3 Å². The average molecular weight is 702 g/mol. The predicted molar refractivity (Wildman–Crippen MR) is 191 cm³/mol. The van der Waals surface area contributed by atoms with Gasteiger partial charge in [0.2, 0.25) is 11.8 Å². The SMILES string of the molecule is COc1ccc(S(=O)(=O)N(CC(=O)N(Cc2ccc(F)cc2)[C@H](Cc2ccccc2)C(=O)NC2CCCC2)c2cc(C)cc(C)c2)cc1OC. The van der Waals surface area contributed by atoms with Crippen LogP contribution in [0.5, 0.6) is 11.5 Å². The standard InChI is InChI=1S/C39H44FN3O6S/c1-27-20-28(2)22-33(21-27)43(50(46,47)34-18-19-36(48-3)37(24-34)49-4)26-38(44)42(25-30-14-16-31(40)17-15-30)35(23-29-10-6-5-7-11-29)39(45)41-32-12-8-9-13-32/h5-7,10-11,14-22,24,32,35H,8-9,12-13,23,25-26H2,1-4H3,(H,41,45)/t35-/m1/s1. The van der Waals surface area contributed by atoms with Crippen LogP contribution in [0.3, 0.4) is 0 Å². The number of carbonyl (C=O) groups excluding carboxylic acids is 2. The largest absolute Gasteiger partial charge is 0.493 e. The molecule has 50 heavy (non-hydrogen) atoms. The predicted octanol–water partition coefficient (Wildman–Crippen LogP) is 6.35. The summed E-state index contributed by atoms with van der Waals surface area (Å²) in [6, 6.07) is 23.7. The van der Waals surface area contributed by atoms with E-state index >= 15 is 0 Å². The van der Waals surface area contributed by atoms with Gasteiger partial charge in [-0.15, -0.1) is 0 Å². The molecule has 264 valence electrons. The second kappa shape index (κ2) is 16.2. The molecule has 0 bridgehead atoms. The number of hydrogen-bond acceptors (Lipinski definition) is 6. The summed E-state index contributed by atoms with van der Waals surface area (Å²) in [5, 5.41) is 3.16. The highest BCUT2D eigenvalue weighted by Gasteiger charge is 2.36. The minimum atomic E-state index is -4.38. The Balaban J connectivity index is 1.60. The highest BCUT2D eigenvalue weighted by atomic mass is 32.2. The van der Waals surface area contributed by atoms with Gasteiger partial charge in [-0.05, 0) is 85.3 Å². The quantitative estimate of drug-likeness (QED) is 0.164. The van der Waals surface area contributed by atoms with Gasteiger partial charge in [-0.2, -0.15) is 0 Å². The zero-order chi connectivity index (χ0) is 35.8. The Labute approximate surface area is 294 Å². The molecule has 0 saturated heterocycles. The van der Waals surface area contributed by atoms with Crippen molar-refractivity contribution in [3.05, 3.63) is 119 Å². The Morgan fingerprint density at radius 3 is 2.10 bits per heavy atom. The molecule has 1 fully saturated rings. The molecule has 2 amide bonds. The number of amides is 2. The summed E-state index contributed by atoms with van der Waals surface area (Å²) < 4.78 is 54.9. The van der Waals surface area contributed by atoms with E-state index in [0.29, 0.717) is 17.0 Å². The highest BCUT2D eigenvalue weighted by Crippen LogP contribution is 2.33. The van der Waals surface area contributed by atoms with E-state index < -0.39 is 34.3 Å². The van der Waals surface area contributed by atoms with E-state index in [-0.39, 0.29) is 35.6 Å². The number of carbonyl (C=O) groups is 2. The smallest absolute Gasteiger partial charge is 0.264 e. The van der Waals surface area contributed by atoms with Crippen molar-refractivity contribution in [3.63, 3.8) is 0 Å². The molecule has 0 unspecified atom stereocenters. The first-order valence-corrected chi connectivity index (χ1v) is 18.1. The molecule has 1 aliphatic carbocycles. The number of nitrogens with zero attached hydrogens (tertiary/aromatic N) is 2. The number of halogens is 1. The normalized spacial score (nSPS) is 13.8. The van der Waals surface area contributed by atoms with E-state index in [1.165, 1.54) is 49.5 Å². The van der Waals surface area contributed by atoms with Crippen LogP contribution in [0.2, 0.25) is 0 Å². The fourth-order valence-electron chi connectivity index (χ4n) is 6.44. The van der Waals surface area contributed by atoms with Crippen molar-refractivity contribution in [2.45, 2.75) is 69.5 Å². The van der Waals surface area contributed by atoms with Crippen molar-refractivity contribution in [2.24, 2.45) is 0 Å². The van der Waals surface area contributed by atoms with Gasteiger partial charge in [0.15, 0.2) is 11.5 Å². The summed E-state index contributed by atoms with van der Waals surface area (Å²) in [5.41, 5.74) is 3.33. The maximum absolute atomic E-state index is 14.8. The zero-order valence-electron chi connectivity index (χ0n) is 28.9. The third-order valence-electron chi connectivity index (χ3n) is 8.96. The van der Waals surface area contributed by atoms with E-state index in [4.69, 9.17) is 9.47 Å². The van der Waals surface area contributed by atoms with Gasteiger partial charge in [0.25, 0.3) is 10.0 Å². The molecule has 0 aliphatic heterocycles. The minimum absolute atomic E-state index is 0.0132. The van der Waals surface area contributed by atoms with Crippen molar-refractivity contribution in [1.82, 2.24) is 10.2 Å². The molecule has 1 atom stereocenters. The van der Waals surface area contributed by atoms with Crippen LogP contribution in [-0.4, -0.2) is 58.0 Å². The molecule has 9 nitrogen and oxygen atoms in total. The molecular formula is C39H44FN3O6S. The molecular weight excluding hydrogens is 658 g/mol. The molecule has 0 radical (unpaired) electrons. The van der Waals surface area contributed by atoms with Crippen LogP contribution >= 0.6 is 0 Å². The van der Waals surface area contributed by atoms with Crippen LogP contribution in [-0.2, 0) is 32.6 Å². The first-order chi connectivity index (χ1) is 24.0. The Kier molecular flexibility index (Phi) is 11.8. The Morgan fingerprint density at radius 1 is 0.840 bits per heavy atom. The van der Waals surface area contributed by atoms with E-state index in [9.17, 15) is 22.4 Å². The fraction of sp³-hybridized carbons (Fsp3) is 0.333. The molecule has 1 saturated carbocycles. The van der Waals surface area contributed by atoms with Gasteiger partial charge in [-0.1, -0.05) is 61.4 Å². The van der Waals surface area contributed by atoms with Crippen molar-refractivity contribution in [3.8, 4) is 11.5 Å². The van der Waals surface area contributed by atoms with Crippen molar-refractivity contribution in [2.75, 3.05) is 25.1 Å². The lowest BCUT2D eigenvalue weighted by atomic mass is 10.0. The maximum Gasteiger partial charge on any atom is 0.264 e. The summed E-state index contributed by atoms with van der Waals surface area (Å²) in [4.78, 5) is 30.2. The maximum atomic E-state index is 14.8. The number of ether oxygens (including phenoxy) is 2. The number of sulfonamides is 1. The van der Waals surface area contributed by atoms with Crippen LogP contribution < -0.4 is 19.1 Å². The lowest BCUT2D eigenvalue weighted by Gasteiger charge is -2.34. The fourth-order valence-corrected chi connectivity index (χ4v) is 7.85. The number of anilines is 1. The molecule has 0 aromatic heterocycles. The monoisotopic (exact) mass is 701 g/mol. The number of aryl methyl sites for hydroxylation is 2. The first kappa shape index (κ1) is 36.4. The molecule has 4 aromatic rings. The molecule has 0 heterocycles. The number of nitrogens with one attached hydrogen (secondary N) is 1. The minimum Gasteiger partial charge on any atom is -0.493 e. The van der Waals surface area contributed by atoms with Gasteiger partial charge in [0, 0.05) is 25.1 Å². The van der Waals surface area contributed by atoms with E-state index in [1.807, 2.05) is 50.2 Å². The van der Waals surface area contributed by atoms with Crippen molar-refractivity contribution in [1.29, 1.82) is 0 Å².